The molecule has 0 atom stereocenters. The molecule has 1 aliphatic rings. The van der Waals surface area contributed by atoms with Crippen LogP contribution in [-0.2, 0) is 10.3 Å². The van der Waals surface area contributed by atoms with Gasteiger partial charge in [-0.25, -0.2) is 9.78 Å². The molecular weight excluding hydrogens is 550 g/mol. The summed E-state index contributed by atoms with van der Waals surface area (Å²) in [5.74, 6) is 0.852. The van der Waals surface area contributed by atoms with Crippen molar-refractivity contribution in [3.63, 3.8) is 0 Å². The Labute approximate surface area is 264 Å². The maximum atomic E-state index is 13.5. The molecule has 7 nitrogen and oxygen atoms in total. The Balaban J connectivity index is 1.90. The van der Waals surface area contributed by atoms with Crippen LogP contribution in [0.5, 0.6) is 11.5 Å². The minimum Gasteiger partial charge on any atom is -0.496 e. The van der Waals surface area contributed by atoms with Crippen LogP contribution in [0.3, 0.4) is 0 Å². The molecule has 0 bridgehead atoms. The summed E-state index contributed by atoms with van der Waals surface area (Å²) in [7, 11) is 3.36. The van der Waals surface area contributed by atoms with Crippen LogP contribution in [0.4, 0.5) is 11.4 Å². The van der Waals surface area contributed by atoms with E-state index < -0.39 is 11.6 Å². The number of carbonyl (C=O) groups excluding carboxylic acids is 1. The first-order valence-corrected chi connectivity index (χ1v) is 16.5. The highest BCUT2D eigenvalue weighted by Crippen LogP contribution is 2.52. The second-order valence-corrected chi connectivity index (χ2v) is 11.6. The quantitative estimate of drug-likeness (QED) is 0.136. The molecule has 1 aromatic heterocycles. The summed E-state index contributed by atoms with van der Waals surface area (Å²) < 4.78 is 18.6. The van der Waals surface area contributed by atoms with Crippen LogP contribution in [0.1, 0.15) is 106 Å². The average Bonchev–Trinajstić information content (AvgIpc) is 3.37. The number of anilines is 2. The maximum Gasteiger partial charge on any atom is 0.358 e. The van der Waals surface area contributed by atoms with E-state index in [-0.39, 0.29) is 0 Å². The standard InChI is InChI=1S/C37H51N3O4/c1-7-11-22-39(23-12-8-2)28-17-19-30(33(26-28)42-5)37(32-16-15-21-38-35(32)36(41)44-37)31-20-18-29(27-34(31)43-6)40(24-13-9-3)25-14-10-4/h15-21,26-27H,7-14,22-25H2,1-6H3. The molecule has 0 unspecified atom stereocenters. The fourth-order valence-electron chi connectivity index (χ4n) is 6.11. The van der Waals surface area contributed by atoms with E-state index in [1.807, 2.05) is 12.1 Å². The molecule has 0 aliphatic carbocycles. The molecule has 0 fully saturated rings. The Morgan fingerprint density at radius 3 is 1.55 bits per heavy atom. The van der Waals surface area contributed by atoms with Crippen molar-refractivity contribution in [2.45, 2.75) is 84.7 Å². The third kappa shape index (κ3) is 6.82. The molecule has 0 saturated heterocycles. The lowest BCUT2D eigenvalue weighted by atomic mass is 9.79. The minimum atomic E-state index is -1.29. The molecule has 3 aromatic rings. The van der Waals surface area contributed by atoms with Gasteiger partial charge in [0.25, 0.3) is 0 Å². The number of hydrogen-bond acceptors (Lipinski definition) is 7. The third-order valence-electron chi connectivity index (χ3n) is 8.61. The number of carbonyl (C=O) groups is 1. The summed E-state index contributed by atoms with van der Waals surface area (Å²) in [6.07, 6.45) is 10.6. The minimum absolute atomic E-state index is 0.310. The number of fused-ring (bicyclic) bond motifs is 1. The lowest BCUT2D eigenvalue weighted by Gasteiger charge is -2.34. The maximum absolute atomic E-state index is 13.5. The number of cyclic esters (lactones) is 1. The highest BCUT2D eigenvalue weighted by atomic mass is 16.6. The van der Waals surface area contributed by atoms with Gasteiger partial charge in [-0.05, 0) is 56.0 Å². The number of rotatable bonds is 18. The zero-order valence-corrected chi connectivity index (χ0v) is 27.7. The molecule has 44 heavy (non-hydrogen) atoms. The SMILES string of the molecule is CCCCN(CCCC)c1ccc(C2(c3ccc(N(CCCC)CCCC)cc3OC)OC(=O)c3ncccc32)c(OC)c1. The number of unbranched alkanes of at least 4 members (excludes halogenated alkanes) is 4. The number of nitrogens with zero attached hydrogens (tertiary/aromatic N) is 3. The average molecular weight is 602 g/mol. The Kier molecular flexibility index (Phi) is 11.9. The lowest BCUT2D eigenvalue weighted by Crippen LogP contribution is -2.32. The van der Waals surface area contributed by atoms with Gasteiger partial charge in [0.1, 0.15) is 11.5 Å². The van der Waals surface area contributed by atoms with Crippen molar-refractivity contribution >= 4 is 17.3 Å². The fourth-order valence-corrected chi connectivity index (χ4v) is 6.11. The first-order chi connectivity index (χ1) is 21.5. The molecule has 2 aromatic carbocycles. The molecule has 1 aliphatic heterocycles. The normalized spacial score (nSPS) is 13.4. The van der Waals surface area contributed by atoms with E-state index in [1.165, 1.54) is 0 Å². The molecule has 7 heteroatoms. The van der Waals surface area contributed by atoms with E-state index in [2.05, 4.69) is 78.9 Å². The van der Waals surface area contributed by atoms with E-state index in [0.717, 1.165) is 100 Å². The Bertz CT molecular complexity index is 1290. The number of esters is 1. The highest BCUT2D eigenvalue weighted by molar-refractivity contribution is 5.95. The molecule has 0 spiro atoms. The monoisotopic (exact) mass is 601 g/mol. The number of benzene rings is 2. The topological polar surface area (TPSA) is 64.1 Å². The van der Waals surface area contributed by atoms with Crippen LogP contribution in [0, 0.1) is 0 Å². The van der Waals surface area contributed by atoms with Crippen molar-refractivity contribution in [3.05, 3.63) is 77.1 Å². The molecule has 0 amide bonds. The van der Waals surface area contributed by atoms with Gasteiger partial charge in [-0.1, -0.05) is 59.4 Å². The van der Waals surface area contributed by atoms with Crippen molar-refractivity contribution in [2.24, 2.45) is 0 Å². The van der Waals surface area contributed by atoms with Crippen LogP contribution in [-0.4, -0.2) is 51.4 Å². The van der Waals surface area contributed by atoms with Gasteiger partial charge in [0.05, 0.1) is 14.2 Å². The van der Waals surface area contributed by atoms with Crippen LogP contribution in [0.2, 0.25) is 0 Å². The third-order valence-corrected chi connectivity index (χ3v) is 8.61. The summed E-state index contributed by atoms with van der Waals surface area (Å²) >= 11 is 0. The van der Waals surface area contributed by atoms with Crippen LogP contribution < -0.4 is 19.3 Å². The van der Waals surface area contributed by atoms with Gasteiger partial charge in [-0.15, -0.1) is 0 Å². The van der Waals surface area contributed by atoms with Gasteiger partial charge in [0, 0.05) is 72.6 Å². The van der Waals surface area contributed by atoms with Gasteiger partial charge in [0.2, 0.25) is 0 Å². The Morgan fingerprint density at radius 1 is 0.682 bits per heavy atom. The zero-order valence-electron chi connectivity index (χ0n) is 27.7. The van der Waals surface area contributed by atoms with Crippen molar-refractivity contribution in [3.8, 4) is 11.5 Å². The fraction of sp³-hybridized carbons (Fsp3) is 0.514. The van der Waals surface area contributed by atoms with Crippen LogP contribution in [0.15, 0.2) is 54.7 Å². The van der Waals surface area contributed by atoms with Gasteiger partial charge in [-0.2, -0.15) is 0 Å². The smallest absolute Gasteiger partial charge is 0.358 e. The summed E-state index contributed by atoms with van der Waals surface area (Å²) in [4.78, 5) is 22.8. The number of pyridine rings is 1. The Morgan fingerprint density at radius 2 is 1.14 bits per heavy atom. The lowest BCUT2D eigenvalue weighted by molar-refractivity contribution is 0.0236. The molecule has 2 heterocycles. The van der Waals surface area contributed by atoms with E-state index >= 15 is 0 Å². The van der Waals surface area contributed by atoms with Crippen molar-refractivity contribution in [2.75, 3.05) is 50.2 Å². The van der Waals surface area contributed by atoms with Crippen LogP contribution >= 0.6 is 0 Å². The van der Waals surface area contributed by atoms with Crippen LogP contribution in [0.25, 0.3) is 0 Å². The van der Waals surface area contributed by atoms with Crippen molar-refractivity contribution < 1.29 is 19.0 Å². The van der Waals surface area contributed by atoms with Gasteiger partial charge in [-0.3, -0.25) is 0 Å². The van der Waals surface area contributed by atoms with Crippen molar-refractivity contribution in [1.82, 2.24) is 4.98 Å². The van der Waals surface area contributed by atoms with E-state index in [4.69, 9.17) is 14.2 Å². The molecule has 238 valence electrons. The second-order valence-electron chi connectivity index (χ2n) is 11.6. The van der Waals surface area contributed by atoms with E-state index in [9.17, 15) is 4.79 Å². The summed E-state index contributed by atoms with van der Waals surface area (Å²) in [5, 5.41) is 0. The van der Waals surface area contributed by atoms with E-state index in [0.29, 0.717) is 22.8 Å². The first kappa shape index (κ1) is 33.2. The molecule has 0 N–H and O–H groups in total. The predicted molar refractivity (Wildman–Crippen MR) is 180 cm³/mol. The molecule has 0 saturated carbocycles. The van der Waals surface area contributed by atoms with Gasteiger partial charge < -0.3 is 24.0 Å². The summed E-state index contributed by atoms with van der Waals surface area (Å²) in [5.41, 5.74) is 3.40. The van der Waals surface area contributed by atoms with Crippen molar-refractivity contribution in [1.29, 1.82) is 0 Å². The number of ether oxygens (including phenoxy) is 3. The summed E-state index contributed by atoms with van der Waals surface area (Å²) in [6, 6.07) is 16.3. The Hall–Kier alpha value is -3.74. The molecular formula is C37H51N3O4. The number of hydrogen-bond donors (Lipinski definition) is 0. The van der Waals surface area contributed by atoms with Gasteiger partial charge >= 0.3 is 5.97 Å². The molecule has 0 radical (unpaired) electrons. The molecule has 4 rings (SSSR count). The largest absolute Gasteiger partial charge is 0.496 e. The second kappa shape index (κ2) is 15.8. The predicted octanol–water partition coefficient (Wildman–Crippen LogP) is 8.37. The van der Waals surface area contributed by atoms with Gasteiger partial charge in [0.15, 0.2) is 11.3 Å². The summed E-state index contributed by atoms with van der Waals surface area (Å²) in [6.45, 7) is 12.8. The van der Waals surface area contributed by atoms with E-state index in [1.54, 1.807) is 20.4 Å². The number of aromatic nitrogens is 1. The highest BCUT2D eigenvalue weighted by Gasteiger charge is 2.52. The first-order valence-electron chi connectivity index (χ1n) is 16.5. The number of methoxy groups -OCH3 is 2. The zero-order chi connectivity index (χ0) is 31.5.